The summed E-state index contributed by atoms with van der Waals surface area (Å²) in [6, 6.07) is 12.0. The van der Waals surface area contributed by atoms with Gasteiger partial charge in [-0.15, -0.1) is 11.3 Å². The molecule has 126 valence electrons. The maximum absolute atomic E-state index is 12.8. The monoisotopic (exact) mass is 354 g/mol. The lowest BCUT2D eigenvalue weighted by Crippen LogP contribution is -2.29. The third-order valence-corrected chi connectivity index (χ3v) is 4.89. The quantitative estimate of drug-likeness (QED) is 0.433. The molecule has 1 heterocycles. The molecule has 3 aromatic rings. The highest BCUT2D eigenvalue weighted by Crippen LogP contribution is 2.27. The van der Waals surface area contributed by atoms with E-state index < -0.39 is 24.5 Å². The molecular weight excluding hydrogens is 340 g/mol. The van der Waals surface area contributed by atoms with E-state index in [-0.39, 0.29) is 16.4 Å². The highest BCUT2D eigenvalue weighted by atomic mass is 32.1. The van der Waals surface area contributed by atoms with Gasteiger partial charge >= 0.3 is 5.97 Å². The van der Waals surface area contributed by atoms with E-state index in [1.807, 2.05) is 12.1 Å². The summed E-state index contributed by atoms with van der Waals surface area (Å²) in [6.07, 6.45) is -0.356. The van der Waals surface area contributed by atoms with Gasteiger partial charge in [-0.05, 0) is 30.3 Å². The SMILES string of the molecule is C=CC(=O)C(CO)OC(=O)c1cccc2sc3ccccc3c(=O)c12. The second-order valence-electron chi connectivity index (χ2n) is 5.29. The Labute approximate surface area is 146 Å². The van der Waals surface area contributed by atoms with E-state index in [9.17, 15) is 19.5 Å². The number of carbonyl (C=O) groups is 2. The summed E-state index contributed by atoms with van der Waals surface area (Å²) in [5, 5.41) is 9.99. The van der Waals surface area contributed by atoms with Crippen LogP contribution in [0.15, 0.2) is 59.9 Å². The van der Waals surface area contributed by atoms with Crippen molar-refractivity contribution in [1.82, 2.24) is 0 Å². The van der Waals surface area contributed by atoms with Crippen molar-refractivity contribution < 1.29 is 19.4 Å². The van der Waals surface area contributed by atoms with Gasteiger partial charge in [0.05, 0.1) is 17.6 Å². The molecule has 0 spiro atoms. The Kier molecular flexibility index (Phi) is 4.74. The lowest BCUT2D eigenvalue weighted by atomic mass is 10.1. The number of carbonyl (C=O) groups excluding carboxylic acids is 2. The van der Waals surface area contributed by atoms with Gasteiger partial charge in [0.2, 0.25) is 0 Å². The number of aliphatic hydroxyl groups is 1. The fourth-order valence-corrected chi connectivity index (χ4v) is 3.63. The third-order valence-electron chi connectivity index (χ3n) is 3.76. The molecule has 1 atom stereocenters. The molecule has 0 radical (unpaired) electrons. The topological polar surface area (TPSA) is 80.7 Å². The summed E-state index contributed by atoms with van der Waals surface area (Å²) >= 11 is 1.39. The minimum Gasteiger partial charge on any atom is -0.448 e. The minimum atomic E-state index is -1.33. The average Bonchev–Trinajstić information content (AvgIpc) is 2.65. The van der Waals surface area contributed by atoms with E-state index in [1.165, 1.54) is 17.4 Å². The Balaban J connectivity index is 2.15. The van der Waals surface area contributed by atoms with Crippen LogP contribution >= 0.6 is 11.3 Å². The van der Waals surface area contributed by atoms with Crippen LogP contribution in [-0.2, 0) is 9.53 Å². The highest BCUT2D eigenvalue weighted by Gasteiger charge is 2.23. The zero-order chi connectivity index (χ0) is 18.0. The van der Waals surface area contributed by atoms with Crippen molar-refractivity contribution in [3.8, 4) is 0 Å². The lowest BCUT2D eigenvalue weighted by Gasteiger charge is -2.13. The van der Waals surface area contributed by atoms with Crippen molar-refractivity contribution in [2.75, 3.05) is 6.61 Å². The Bertz CT molecular complexity index is 1050. The van der Waals surface area contributed by atoms with Crippen LogP contribution in [0.4, 0.5) is 0 Å². The first kappa shape index (κ1) is 17.0. The summed E-state index contributed by atoms with van der Waals surface area (Å²) in [5.41, 5.74) is -0.202. The van der Waals surface area contributed by atoms with Gasteiger partial charge < -0.3 is 9.84 Å². The van der Waals surface area contributed by atoms with Crippen LogP contribution in [0, 0.1) is 0 Å². The molecule has 6 heteroatoms. The van der Waals surface area contributed by atoms with Crippen LogP contribution in [0.2, 0.25) is 0 Å². The highest BCUT2D eigenvalue weighted by molar-refractivity contribution is 7.24. The number of ether oxygens (including phenoxy) is 1. The molecule has 1 unspecified atom stereocenters. The summed E-state index contributed by atoms with van der Waals surface area (Å²) in [7, 11) is 0. The third kappa shape index (κ3) is 3.09. The summed E-state index contributed by atoms with van der Waals surface area (Å²) in [5.74, 6) is -1.44. The number of hydrogen-bond acceptors (Lipinski definition) is 6. The van der Waals surface area contributed by atoms with Gasteiger partial charge in [0.25, 0.3) is 0 Å². The second-order valence-corrected chi connectivity index (χ2v) is 6.37. The van der Waals surface area contributed by atoms with E-state index in [2.05, 4.69) is 6.58 Å². The van der Waals surface area contributed by atoms with Crippen LogP contribution in [0.5, 0.6) is 0 Å². The molecular formula is C19H14O5S. The minimum absolute atomic E-state index is 0.0693. The molecule has 0 fully saturated rings. The Morgan fingerprint density at radius 1 is 1.16 bits per heavy atom. The molecule has 1 N–H and O–H groups in total. The van der Waals surface area contributed by atoms with E-state index in [1.54, 1.807) is 24.3 Å². The maximum Gasteiger partial charge on any atom is 0.339 e. The molecule has 25 heavy (non-hydrogen) atoms. The molecule has 1 aromatic heterocycles. The second kappa shape index (κ2) is 6.96. The molecule has 0 aliphatic heterocycles. The zero-order valence-electron chi connectivity index (χ0n) is 13.1. The predicted octanol–water partition coefficient (Wildman–Crippen LogP) is 2.69. The van der Waals surface area contributed by atoms with Crippen molar-refractivity contribution in [2.45, 2.75) is 6.10 Å². The van der Waals surface area contributed by atoms with Crippen molar-refractivity contribution in [2.24, 2.45) is 0 Å². The molecule has 0 aliphatic carbocycles. The van der Waals surface area contributed by atoms with E-state index in [0.29, 0.717) is 10.1 Å². The zero-order valence-corrected chi connectivity index (χ0v) is 13.9. The predicted molar refractivity (Wildman–Crippen MR) is 97.1 cm³/mol. The molecule has 0 amide bonds. The van der Waals surface area contributed by atoms with Crippen LogP contribution in [0.1, 0.15) is 10.4 Å². The van der Waals surface area contributed by atoms with E-state index >= 15 is 0 Å². The molecule has 0 saturated carbocycles. The summed E-state index contributed by atoms with van der Waals surface area (Å²) in [4.78, 5) is 36.9. The summed E-state index contributed by atoms with van der Waals surface area (Å²) in [6.45, 7) is 2.65. The molecule has 0 bridgehead atoms. The fraction of sp³-hybridized carbons (Fsp3) is 0.105. The number of rotatable bonds is 5. The average molecular weight is 354 g/mol. The van der Waals surface area contributed by atoms with Gasteiger partial charge in [0.1, 0.15) is 0 Å². The fourth-order valence-electron chi connectivity index (χ4n) is 2.53. The lowest BCUT2D eigenvalue weighted by molar-refractivity contribution is -0.124. The number of aliphatic hydroxyl groups excluding tert-OH is 1. The molecule has 0 aliphatic rings. The first-order valence-electron chi connectivity index (χ1n) is 7.49. The van der Waals surface area contributed by atoms with Gasteiger partial charge in [0, 0.05) is 14.8 Å². The first-order chi connectivity index (χ1) is 12.1. The van der Waals surface area contributed by atoms with Gasteiger partial charge in [0.15, 0.2) is 17.3 Å². The Hall–Kier alpha value is -2.83. The Morgan fingerprint density at radius 2 is 1.88 bits per heavy atom. The van der Waals surface area contributed by atoms with Gasteiger partial charge in [-0.2, -0.15) is 0 Å². The maximum atomic E-state index is 12.8. The van der Waals surface area contributed by atoms with Gasteiger partial charge in [-0.3, -0.25) is 9.59 Å². The number of fused-ring (bicyclic) bond motifs is 2. The van der Waals surface area contributed by atoms with Crippen LogP contribution < -0.4 is 5.43 Å². The van der Waals surface area contributed by atoms with Crippen molar-refractivity contribution in [1.29, 1.82) is 0 Å². The van der Waals surface area contributed by atoms with Crippen LogP contribution in [-0.4, -0.2) is 29.6 Å². The molecule has 5 nitrogen and oxygen atoms in total. The largest absolute Gasteiger partial charge is 0.448 e. The number of hydrogen-bond donors (Lipinski definition) is 1. The Morgan fingerprint density at radius 3 is 2.60 bits per heavy atom. The van der Waals surface area contributed by atoms with Crippen LogP contribution in [0.25, 0.3) is 20.2 Å². The molecule has 0 saturated heterocycles. The normalized spacial score (nSPS) is 12.0. The summed E-state index contributed by atoms with van der Waals surface area (Å²) < 4.78 is 6.54. The molecule has 3 rings (SSSR count). The number of ketones is 1. The van der Waals surface area contributed by atoms with Crippen LogP contribution in [0.3, 0.4) is 0 Å². The standard InChI is InChI=1S/C19H14O5S/c1-2-13(21)14(10-20)24-19(23)12-7-5-9-16-17(12)18(22)11-6-3-4-8-15(11)25-16/h2-9,14,20H,1,10H2. The number of esters is 1. The van der Waals surface area contributed by atoms with Crippen molar-refractivity contribution >= 4 is 43.3 Å². The van der Waals surface area contributed by atoms with Gasteiger partial charge in [-0.1, -0.05) is 24.8 Å². The van der Waals surface area contributed by atoms with Crippen molar-refractivity contribution in [3.63, 3.8) is 0 Å². The van der Waals surface area contributed by atoms with E-state index in [4.69, 9.17) is 4.74 Å². The number of benzene rings is 2. The first-order valence-corrected chi connectivity index (χ1v) is 8.31. The van der Waals surface area contributed by atoms with Gasteiger partial charge in [-0.25, -0.2) is 4.79 Å². The van der Waals surface area contributed by atoms with Crippen molar-refractivity contribution in [3.05, 3.63) is 70.9 Å². The van der Waals surface area contributed by atoms with E-state index in [0.717, 1.165) is 10.8 Å². The smallest absolute Gasteiger partial charge is 0.339 e. The molecule has 2 aromatic carbocycles.